The molecule has 0 saturated carbocycles. The monoisotopic (exact) mass is 272 g/mol. The van der Waals surface area contributed by atoms with Crippen molar-refractivity contribution in [2.24, 2.45) is 0 Å². The lowest BCUT2D eigenvalue weighted by atomic mass is 9.95. The molecule has 1 atom stereocenters. The summed E-state index contributed by atoms with van der Waals surface area (Å²) < 4.78 is 16.4. The molecule has 1 aliphatic heterocycles. The first kappa shape index (κ1) is 16.1. The van der Waals surface area contributed by atoms with Crippen LogP contribution >= 0.6 is 0 Å². The lowest BCUT2D eigenvalue weighted by Gasteiger charge is -2.27. The highest BCUT2D eigenvalue weighted by molar-refractivity contribution is 5.87. The van der Waals surface area contributed by atoms with Crippen LogP contribution in [-0.4, -0.2) is 42.3 Å². The molecule has 1 fully saturated rings. The van der Waals surface area contributed by atoms with Gasteiger partial charge in [0.15, 0.2) is 5.79 Å². The van der Waals surface area contributed by atoms with Gasteiger partial charge < -0.3 is 19.3 Å². The Hall–Kier alpha value is -0.910. The van der Waals surface area contributed by atoms with Gasteiger partial charge in [-0.05, 0) is 34.1 Å². The fourth-order valence-corrected chi connectivity index (χ4v) is 2.08. The average Bonchev–Trinajstić information content (AvgIpc) is 2.63. The summed E-state index contributed by atoms with van der Waals surface area (Å²) in [5, 5.41) is 9.17. The molecule has 0 bridgehead atoms. The molecule has 0 aromatic heterocycles. The van der Waals surface area contributed by atoms with Gasteiger partial charge in [-0.3, -0.25) is 0 Å². The molecule has 0 spiro atoms. The van der Waals surface area contributed by atoms with Crippen LogP contribution in [0.4, 0.5) is 0 Å². The molecule has 0 aromatic carbocycles. The van der Waals surface area contributed by atoms with Gasteiger partial charge in [0.2, 0.25) is 0 Å². The Bertz CT molecular complexity index is 348. The highest BCUT2D eigenvalue weighted by atomic mass is 16.8. The van der Waals surface area contributed by atoms with E-state index in [2.05, 4.69) is 0 Å². The summed E-state index contributed by atoms with van der Waals surface area (Å²) in [5.74, 6) is -0.972. The number of aliphatic hydroxyl groups excluding tert-OH is 1. The summed E-state index contributed by atoms with van der Waals surface area (Å²) in [4.78, 5) is 11.5. The number of hydrogen-bond acceptors (Lipinski definition) is 5. The second kappa shape index (κ2) is 6.50. The minimum atomic E-state index is -0.652. The molecule has 1 rings (SSSR count). The lowest BCUT2D eigenvalue weighted by Crippen LogP contribution is -2.35. The van der Waals surface area contributed by atoms with Crippen LogP contribution in [0.3, 0.4) is 0 Å². The zero-order chi connectivity index (χ0) is 14.5. The number of carbonyl (C=O) groups is 1. The van der Waals surface area contributed by atoms with Gasteiger partial charge in [0.1, 0.15) is 5.60 Å². The Morgan fingerprint density at radius 2 is 2.16 bits per heavy atom. The molecular weight excluding hydrogens is 248 g/mol. The molecule has 0 amide bonds. The fraction of sp³-hybridized carbons (Fsp3) is 0.786. The third kappa shape index (κ3) is 4.60. The van der Waals surface area contributed by atoms with Crippen molar-refractivity contribution in [2.45, 2.75) is 51.9 Å². The Morgan fingerprint density at radius 1 is 1.47 bits per heavy atom. The first-order valence-electron chi connectivity index (χ1n) is 6.63. The first-order chi connectivity index (χ1) is 8.84. The van der Waals surface area contributed by atoms with E-state index < -0.39 is 11.4 Å². The maximum Gasteiger partial charge on any atom is 0.333 e. The van der Waals surface area contributed by atoms with Gasteiger partial charge in [-0.25, -0.2) is 4.79 Å². The second-order valence-electron chi connectivity index (χ2n) is 5.26. The Balaban J connectivity index is 2.70. The standard InChI is InChI=1S/C14H24O5/c1-5-17-12(16)11(2)6-7-14(8-9-15)10-18-13(3,4)19-14/h6,15H,5,7-10H2,1-4H3/b11-6+. The van der Waals surface area contributed by atoms with Crippen molar-refractivity contribution in [1.29, 1.82) is 0 Å². The predicted molar refractivity (Wildman–Crippen MR) is 70.6 cm³/mol. The van der Waals surface area contributed by atoms with Crippen molar-refractivity contribution in [3.8, 4) is 0 Å². The van der Waals surface area contributed by atoms with Gasteiger partial charge in [-0.15, -0.1) is 0 Å². The zero-order valence-corrected chi connectivity index (χ0v) is 12.2. The summed E-state index contributed by atoms with van der Waals surface area (Å²) in [6.07, 6.45) is 2.78. The first-order valence-corrected chi connectivity index (χ1v) is 6.63. The highest BCUT2D eigenvalue weighted by Crippen LogP contribution is 2.36. The zero-order valence-electron chi connectivity index (χ0n) is 12.2. The van der Waals surface area contributed by atoms with Crippen molar-refractivity contribution in [3.05, 3.63) is 11.6 Å². The predicted octanol–water partition coefficient (Wildman–Crippen LogP) is 1.79. The minimum absolute atomic E-state index is 0.0196. The van der Waals surface area contributed by atoms with E-state index in [1.54, 1.807) is 19.9 Å². The topological polar surface area (TPSA) is 65.0 Å². The summed E-state index contributed by atoms with van der Waals surface area (Å²) in [5.41, 5.74) is -0.0149. The van der Waals surface area contributed by atoms with Gasteiger partial charge in [-0.1, -0.05) is 6.08 Å². The minimum Gasteiger partial charge on any atom is -0.463 e. The molecule has 0 radical (unpaired) electrons. The fourth-order valence-electron chi connectivity index (χ4n) is 2.08. The molecule has 0 aliphatic carbocycles. The number of hydrogen-bond donors (Lipinski definition) is 1. The number of ether oxygens (including phenoxy) is 3. The second-order valence-corrected chi connectivity index (χ2v) is 5.26. The van der Waals surface area contributed by atoms with E-state index in [1.165, 1.54) is 0 Å². The molecule has 5 heteroatoms. The average molecular weight is 272 g/mol. The molecule has 110 valence electrons. The van der Waals surface area contributed by atoms with E-state index in [0.29, 0.717) is 31.6 Å². The third-order valence-electron chi connectivity index (χ3n) is 3.09. The van der Waals surface area contributed by atoms with Crippen molar-refractivity contribution in [1.82, 2.24) is 0 Å². The Labute approximate surface area is 114 Å². The largest absolute Gasteiger partial charge is 0.463 e. The van der Waals surface area contributed by atoms with Crippen molar-refractivity contribution in [3.63, 3.8) is 0 Å². The quantitative estimate of drug-likeness (QED) is 0.590. The van der Waals surface area contributed by atoms with Gasteiger partial charge in [-0.2, -0.15) is 0 Å². The van der Waals surface area contributed by atoms with Crippen LogP contribution in [0, 0.1) is 0 Å². The van der Waals surface area contributed by atoms with E-state index in [1.807, 2.05) is 13.8 Å². The summed E-state index contributed by atoms with van der Waals surface area (Å²) in [7, 11) is 0. The van der Waals surface area contributed by atoms with Gasteiger partial charge in [0.05, 0.1) is 13.2 Å². The van der Waals surface area contributed by atoms with E-state index in [0.717, 1.165) is 0 Å². The van der Waals surface area contributed by atoms with Crippen molar-refractivity contribution >= 4 is 5.97 Å². The summed E-state index contributed by atoms with van der Waals surface area (Å²) in [6.45, 7) is 7.96. The normalized spacial score (nSPS) is 26.5. The number of aliphatic hydroxyl groups is 1. The van der Waals surface area contributed by atoms with E-state index in [9.17, 15) is 9.90 Å². The third-order valence-corrected chi connectivity index (χ3v) is 3.09. The van der Waals surface area contributed by atoms with Crippen LogP contribution in [0.15, 0.2) is 11.6 Å². The Morgan fingerprint density at radius 3 is 2.63 bits per heavy atom. The van der Waals surface area contributed by atoms with Crippen LogP contribution in [0.5, 0.6) is 0 Å². The molecular formula is C14H24O5. The van der Waals surface area contributed by atoms with Crippen molar-refractivity contribution in [2.75, 3.05) is 19.8 Å². The smallest absolute Gasteiger partial charge is 0.333 e. The van der Waals surface area contributed by atoms with Crippen LogP contribution in [-0.2, 0) is 19.0 Å². The summed E-state index contributed by atoms with van der Waals surface area (Å²) >= 11 is 0. The number of rotatable bonds is 6. The Kier molecular flexibility index (Phi) is 5.52. The maximum absolute atomic E-state index is 11.5. The van der Waals surface area contributed by atoms with E-state index >= 15 is 0 Å². The molecule has 5 nitrogen and oxygen atoms in total. The molecule has 19 heavy (non-hydrogen) atoms. The molecule has 1 unspecified atom stereocenters. The van der Waals surface area contributed by atoms with Crippen LogP contribution < -0.4 is 0 Å². The van der Waals surface area contributed by atoms with Gasteiger partial charge >= 0.3 is 5.97 Å². The van der Waals surface area contributed by atoms with Gasteiger partial charge in [0, 0.05) is 18.6 Å². The van der Waals surface area contributed by atoms with E-state index in [-0.39, 0.29) is 12.6 Å². The SMILES string of the molecule is CCOC(=O)/C(C)=C/CC1(CCO)COC(C)(C)O1. The number of esters is 1. The number of carbonyl (C=O) groups excluding carboxylic acids is 1. The highest BCUT2D eigenvalue weighted by Gasteiger charge is 2.44. The van der Waals surface area contributed by atoms with Gasteiger partial charge in [0.25, 0.3) is 0 Å². The molecule has 0 aromatic rings. The van der Waals surface area contributed by atoms with E-state index in [4.69, 9.17) is 14.2 Å². The molecule has 1 heterocycles. The van der Waals surface area contributed by atoms with Crippen LogP contribution in [0.25, 0.3) is 0 Å². The maximum atomic E-state index is 11.5. The van der Waals surface area contributed by atoms with Crippen LogP contribution in [0.1, 0.15) is 40.5 Å². The van der Waals surface area contributed by atoms with Crippen molar-refractivity contribution < 1.29 is 24.1 Å². The summed E-state index contributed by atoms with van der Waals surface area (Å²) in [6, 6.07) is 0. The van der Waals surface area contributed by atoms with Crippen LogP contribution in [0.2, 0.25) is 0 Å². The molecule has 1 saturated heterocycles. The molecule has 1 aliphatic rings. The molecule has 1 N–H and O–H groups in total. The lowest BCUT2D eigenvalue weighted by molar-refractivity contribution is -0.163.